The van der Waals surface area contributed by atoms with E-state index in [2.05, 4.69) is 4.98 Å². The molecule has 2 heterocycles. The van der Waals surface area contributed by atoms with Crippen LogP contribution in [0.25, 0.3) is 10.6 Å². The Balaban J connectivity index is 1.79. The van der Waals surface area contributed by atoms with Gasteiger partial charge < -0.3 is 9.64 Å². The van der Waals surface area contributed by atoms with E-state index in [-0.39, 0.29) is 11.9 Å². The molecule has 132 valence electrons. The number of likely N-dealkylation sites (tertiary alicyclic amines) is 1. The minimum atomic E-state index is -0.495. The van der Waals surface area contributed by atoms with E-state index in [1.807, 2.05) is 31.2 Å². The summed E-state index contributed by atoms with van der Waals surface area (Å²) >= 11 is 1.45. The maximum absolute atomic E-state index is 12.9. The third-order valence-electron chi connectivity index (χ3n) is 4.34. The fourth-order valence-electron chi connectivity index (χ4n) is 3.01. The fraction of sp³-hybridized carbons (Fsp3) is 0.421. The number of amides is 1. The van der Waals surface area contributed by atoms with Crippen LogP contribution in [0.1, 0.15) is 42.2 Å². The van der Waals surface area contributed by atoms with Crippen LogP contribution in [0, 0.1) is 6.92 Å². The van der Waals surface area contributed by atoms with Crippen LogP contribution in [0.15, 0.2) is 29.6 Å². The molecule has 1 aliphatic rings. The molecule has 1 amide bonds. The topological polar surface area (TPSA) is 59.5 Å². The van der Waals surface area contributed by atoms with Gasteiger partial charge in [0, 0.05) is 17.5 Å². The number of nitrogens with zero attached hydrogens (tertiary/aromatic N) is 2. The second kappa shape index (κ2) is 7.78. The first kappa shape index (κ1) is 17.6. The third-order valence-corrected chi connectivity index (χ3v) is 5.24. The highest BCUT2D eigenvalue weighted by atomic mass is 32.1. The van der Waals surface area contributed by atoms with Crippen molar-refractivity contribution in [1.82, 2.24) is 9.88 Å². The first-order valence-electron chi connectivity index (χ1n) is 8.60. The van der Waals surface area contributed by atoms with Crippen LogP contribution in [0.3, 0.4) is 0 Å². The molecular weight excluding hydrogens is 336 g/mol. The summed E-state index contributed by atoms with van der Waals surface area (Å²) in [6.07, 6.45) is 2.48. The smallest absolute Gasteiger partial charge is 0.328 e. The summed E-state index contributed by atoms with van der Waals surface area (Å²) in [5.41, 5.74) is 2.58. The van der Waals surface area contributed by atoms with Crippen LogP contribution in [0.2, 0.25) is 0 Å². The van der Waals surface area contributed by atoms with Crippen LogP contribution in [-0.2, 0) is 9.53 Å². The maximum atomic E-state index is 12.9. The number of esters is 1. The Kier molecular flexibility index (Phi) is 5.48. The van der Waals surface area contributed by atoms with E-state index in [0.717, 1.165) is 23.4 Å². The van der Waals surface area contributed by atoms with E-state index >= 15 is 0 Å². The molecule has 2 aromatic rings. The Labute approximate surface area is 151 Å². The Bertz CT molecular complexity index is 754. The summed E-state index contributed by atoms with van der Waals surface area (Å²) in [5.74, 6) is -0.503. The van der Waals surface area contributed by atoms with Crippen molar-refractivity contribution >= 4 is 23.2 Å². The van der Waals surface area contributed by atoms with E-state index in [0.29, 0.717) is 25.3 Å². The van der Waals surface area contributed by atoms with E-state index in [9.17, 15) is 9.59 Å². The van der Waals surface area contributed by atoms with Gasteiger partial charge in [0.15, 0.2) is 0 Å². The molecule has 5 nitrogen and oxygen atoms in total. The highest BCUT2D eigenvalue weighted by Gasteiger charge is 2.34. The quantitative estimate of drug-likeness (QED) is 0.783. The van der Waals surface area contributed by atoms with Gasteiger partial charge in [0.2, 0.25) is 0 Å². The predicted octanol–water partition coefficient (Wildman–Crippen LogP) is 3.68. The minimum absolute atomic E-state index is 0.188. The predicted molar refractivity (Wildman–Crippen MR) is 97.6 cm³/mol. The lowest BCUT2D eigenvalue weighted by atomic mass is 10.0. The van der Waals surface area contributed by atoms with Crippen molar-refractivity contribution in [3.8, 4) is 10.6 Å². The molecule has 1 aliphatic heterocycles. The lowest BCUT2D eigenvalue weighted by Gasteiger charge is -2.33. The fourth-order valence-corrected chi connectivity index (χ4v) is 3.81. The number of ether oxygens (including phenoxy) is 1. The maximum Gasteiger partial charge on any atom is 0.328 e. The van der Waals surface area contributed by atoms with E-state index in [1.165, 1.54) is 16.9 Å². The first-order chi connectivity index (χ1) is 12.1. The van der Waals surface area contributed by atoms with Crippen LogP contribution < -0.4 is 0 Å². The van der Waals surface area contributed by atoms with E-state index in [4.69, 9.17) is 4.74 Å². The van der Waals surface area contributed by atoms with Crippen LogP contribution in [0.4, 0.5) is 0 Å². The number of piperidine rings is 1. The molecule has 1 saturated heterocycles. The monoisotopic (exact) mass is 358 g/mol. The number of aryl methyl sites for hydroxylation is 1. The lowest BCUT2D eigenvalue weighted by Crippen LogP contribution is -2.48. The number of carbonyl (C=O) groups excluding carboxylic acids is 2. The summed E-state index contributed by atoms with van der Waals surface area (Å²) in [4.78, 5) is 31.2. The molecule has 1 aromatic heterocycles. The van der Waals surface area contributed by atoms with Crippen molar-refractivity contribution in [2.24, 2.45) is 0 Å². The second-order valence-electron chi connectivity index (χ2n) is 6.17. The molecular formula is C19H22N2O3S. The Hall–Kier alpha value is -2.21. The lowest BCUT2D eigenvalue weighted by molar-refractivity contribution is -0.149. The normalized spacial score (nSPS) is 17.4. The summed E-state index contributed by atoms with van der Waals surface area (Å²) in [7, 11) is 0. The number of carbonyl (C=O) groups is 2. The van der Waals surface area contributed by atoms with Crippen molar-refractivity contribution in [3.05, 3.63) is 40.9 Å². The molecule has 1 aromatic carbocycles. The highest BCUT2D eigenvalue weighted by Crippen LogP contribution is 2.26. The van der Waals surface area contributed by atoms with E-state index in [1.54, 1.807) is 17.2 Å². The zero-order valence-corrected chi connectivity index (χ0v) is 15.3. The SMILES string of the molecule is CCOC(=O)C1CCCCN1C(=O)c1csc(-c2ccc(C)cc2)n1. The van der Waals surface area contributed by atoms with Crippen molar-refractivity contribution in [2.75, 3.05) is 13.2 Å². The summed E-state index contributed by atoms with van der Waals surface area (Å²) in [6.45, 7) is 4.71. The van der Waals surface area contributed by atoms with E-state index < -0.39 is 6.04 Å². The molecule has 25 heavy (non-hydrogen) atoms. The zero-order valence-electron chi connectivity index (χ0n) is 14.5. The largest absolute Gasteiger partial charge is 0.464 e. The Morgan fingerprint density at radius 2 is 2.04 bits per heavy atom. The second-order valence-corrected chi connectivity index (χ2v) is 7.02. The molecule has 0 aliphatic carbocycles. The Morgan fingerprint density at radius 3 is 2.76 bits per heavy atom. The van der Waals surface area contributed by atoms with Gasteiger partial charge in [-0.1, -0.05) is 29.8 Å². The van der Waals surface area contributed by atoms with Crippen LogP contribution in [-0.4, -0.2) is 41.0 Å². The van der Waals surface area contributed by atoms with Gasteiger partial charge in [-0.2, -0.15) is 0 Å². The number of benzene rings is 1. The molecule has 0 spiro atoms. The summed E-state index contributed by atoms with van der Waals surface area (Å²) < 4.78 is 5.13. The number of hydrogen-bond donors (Lipinski definition) is 0. The molecule has 0 radical (unpaired) electrons. The van der Waals surface area contributed by atoms with Gasteiger partial charge in [-0.3, -0.25) is 4.79 Å². The summed E-state index contributed by atoms with van der Waals surface area (Å²) in [5, 5.41) is 2.59. The molecule has 1 unspecified atom stereocenters. The Morgan fingerprint density at radius 1 is 1.28 bits per heavy atom. The molecule has 3 rings (SSSR count). The van der Waals surface area contributed by atoms with Gasteiger partial charge >= 0.3 is 5.97 Å². The number of aromatic nitrogens is 1. The van der Waals surface area contributed by atoms with Gasteiger partial charge in [0.1, 0.15) is 16.7 Å². The average molecular weight is 358 g/mol. The minimum Gasteiger partial charge on any atom is -0.464 e. The van der Waals surface area contributed by atoms with Crippen molar-refractivity contribution in [3.63, 3.8) is 0 Å². The number of hydrogen-bond acceptors (Lipinski definition) is 5. The van der Waals surface area contributed by atoms with Gasteiger partial charge in [-0.25, -0.2) is 9.78 Å². The number of rotatable bonds is 4. The van der Waals surface area contributed by atoms with Crippen molar-refractivity contribution in [2.45, 2.75) is 39.2 Å². The summed E-state index contributed by atoms with van der Waals surface area (Å²) in [6, 6.07) is 7.57. The standard InChI is InChI=1S/C19H22N2O3S/c1-3-24-19(23)16-6-4-5-11-21(16)18(22)15-12-25-17(20-15)14-9-7-13(2)8-10-14/h7-10,12,16H,3-6,11H2,1-2H3. The molecule has 0 bridgehead atoms. The molecule has 0 N–H and O–H groups in total. The molecule has 0 saturated carbocycles. The van der Waals surface area contributed by atoms with Crippen molar-refractivity contribution in [1.29, 1.82) is 0 Å². The highest BCUT2D eigenvalue weighted by molar-refractivity contribution is 7.13. The van der Waals surface area contributed by atoms with Crippen molar-refractivity contribution < 1.29 is 14.3 Å². The number of thiazole rings is 1. The van der Waals surface area contributed by atoms with Gasteiger partial charge in [0.05, 0.1) is 6.61 Å². The third kappa shape index (κ3) is 3.90. The molecule has 6 heteroatoms. The zero-order chi connectivity index (χ0) is 17.8. The average Bonchev–Trinajstić information content (AvgIpc) is 3.12. The first-order valence-corrected chi connectivity index (χ1v) is 9.48. The van der Waals surface area contributed by atoms with Gasteiger partial charge in [0.25, 0.3) is 5.91 Å². The van der Waals surface area contributed by atoms with Gasteiger partial charge in [-0.05, 0) is 33.1 Å². The molecule has 1 fully saturated rings. The van der Waals surface area contributed by atoms with Crippen LogP contribution in [0.5, 0.6) is 0 Å². The molecule has 1 atom stereocenters. The van der Waals surface area contributed by atoms with Crippen LogP contribution >= 0.6 is 11.3 Å². The van der Waals surface area contributed by atoms with Gasteiger partial charge in [-0.15, -0.1) is 11.3 Å².